The summed E-state index contributed by atoms with van der Waals surface area (Å²) >= 11 is 1.62. The largest absolute Gasteiger partial charge is 0.478 e. The Bertz CT molecular complexity index is 1280. The molecule has 1 N–H and O–H groups in total. The molecule has 4 nitrogen and oxygen atoms in total. The summed E-state index contributed by atoms with van der Waals surface area (Å²) in [5, 5.41) is 9.30. The van der Waals surface area contributed by atoms with Gasteiger partial charge in [-0.15, -0.1) is 11.8 Å². The molecule has 0 atom stereocenters. The van der Waals surface area contributed by atoms with Crippen LogP contribution in [0.5, 0.6) is 0 Å². The first kappa shape index (κ1) is 22.0. The molecule has 0 fully saturated rings. The molecule has 4 aromatic rings. The topological polar surface area (TPSA) is 55.1 Å². The number of carbonyl (C=O) groups is 1. The molecule has 0 bridgehead atoms. The van der Waals surface area contributed by atoms with E-state index < -0.39 is 17.7 Å². The number of alkyl halides is 3. The molecule has 3 aromatic carbocycles. The van der Waals surface area contributed by atoms with E-state index >= 15 is 0 Å². The number of rotatable bonds is 6. The molecule has 0 aliphatic carbocycles. The highest BCUT2D eigenvalue weighted by Crippen LogP contribution is 2.33. The molecule has 0 saturated carbocycles. The van der Waals surface area contributed by atoms with E-state index in [0.717, 1.165) is 16.5 Å². The number of aromatic nitrogens is 2. The first-order valence-corrected chi connectivity index (χ1v) is 11.0. The Morgan fingerprint density at radius 1 is 1.06 bits per heavy atom. The summed E-state index contributed by atoms with van der Waals surface area (Å²) in [6, 6.07) is 17.8. The van der Waals surface area contributed by atoms with Crippen LogP contribution in [0.2, 0.25) is 0 Å². The van der Waals surface area contributed by atoms with Crippen LogP contribution in [-0.4, -0.2) is 26.9 Å². The van der Waals surface area contributed by atoms with Crippen LogP contribution in [-0.2, 0) is 19.1 Å². The molecule has 32 heavy (non-hydrogen) atoms. The van der Waals surface area contributed by atoms with E-state index in [1.165, 1.54) is 24.3 Å². The van der Waals surface area contributed by atoms with Crippen LogP contribution in [0, 0.1) is 0 Å². The van der Waals surface area contributed by atoms with Crippen molar-refractivity contribution in [1.82, 2.24) is 9.55 Å². The first-order chi connectivity index (χ1) is 15.3. The van der Waals surface area contributed by atoms with E-state index in [1.54, 1.807) is 28.5 Å². The highest BCUT2D eigenvalue weighted by Gasteiger charge is 2.33. The Hall–Kier alpha value is -3.26. The second-order valence-corrected chi connectivity index (χ2v) is 8.18. The van der Waals surface area contributed by atoms with Crippen LogP contribution < -0.4 is 0 Å². The van der Waals surface area contributed by atoms with Gasteiger partial charge in [0.05, 0.1) is 22.2 Å². The molecule has 0 unspecified atom stereocenters. The number of imidazole rings is 1. The Balaban J connectivity index is 1.82. The lowest BCUT2D eigenvalue weighted by molar-refractivity contribution is -0.138. The van der Waals surface area contributed by atoms with Gasteiger partial charge in [-0.05, 0) is 53.8 Å². The molecule has 0 aliphatic heterocycles. The monoisotopic (exact) mass is 456 g/mol. The molecule has 0 aliphatic rings. The smallest absolute Gasteiger partial charge is 0.416 e. The molecule has 1 aromatic heterocycles. The zero-order valence-corrected chi connectivity index (χ0v) is 17.9. The predicted molar refractivity (Wildman–Crippen MR) is 118 cm³/mol. The maximum Gasteiger partial charge on any atom is 0.416 e. The van der Waals surface area contributed by atoms with E-state index in [1.807, 2.05) is 30.5 Å². The first-order valence-electron chi connectivity index (χ1n) is 9.77. The van der Waals surface area contributed by atoms with Crippen molar-refractivity contribution < 1.29 is 23.1 Å². The normalized spacial score (nSPS) is 11.8. The minimum atomic E-state index is -4.47. The molecule has 4 rings (SSSR count). The third-order valence-corrected chi connectivity index (χ3v) is 5.99. The maximum atomic E-state index is 13.6. The van der Waals surface area contributed by atoms with Gasteiger partial charge in [-0.2, -0.15) is 13.2 Å². The van der Waals surface area contributed by atoms with Crippen LogP contribution in [0.4, 0.5) is 13.2 Å². The molecule has 0 spiro atoms. The Morgan fingerprint density at radius 3 is 2.44 bits per heavy atom. The molecule has 0 amide bonds. The van der Waals surface area contributed by atoms with Gasteiger partial charge < -0.3 is 9.67 Å². The number of thioether (sulfide) groups is 1. The lowest BCUT2D eigenvalue weighted by Gasteiger charge is -2.15. The zero-order valence-electron chi connectivity index (χ0n) is 17.1. The van der Waals surface area contributed by atoms with Crippen LogP contribution in [0.1, 0.15) is 32.9 Å². The van der Waals surface area contributed by atoms with Crippen molar-refractivity contribution in [3.05, 3.63) is 94.8 Å². The molecular weight excluding hydrogens is 437 g/mol. The van der Waals surface area contributed by atoms with Crippen molar-refractivity contribution >= 4 is 28.8 Å². The second-order valence-electron chi connectivity index (χ2n) is 7.30. The molecule has 0 radical (unpaired) electrons. The van der Waals surface area contributed by atoms with Gasteiger partial charge in [-0.1, -0.05) is 30.3 Å². The van der Waals surface area contributed by atoms with Gasteiger partial charge >= 0.3 is 12.1 Å². The van der Waals surface area contributed by atoms with Crippen molar-refractivity contribution in [2.45, 2.75) is 24.0 Å². The van der Waals surface area contributed by atoms with Crippen molar-refractivity contribution in [2.24, 2.45) is 0 Å². The second kappa shape index (κ2) is 8.70. The molecule has 1 heterocycles. The molecular formula is C24H19F3N2O2S. The van der Waals surface area contributed by atoms with Gasteiger partial charge in [0.2, 0.25) is 0 Å². The number of hydrogen-bond acceptors (Lipinski definition) is 3. The van der Waals surface area contributed by atoms with E-state index in [0.29, 0.717) is 23.3 Å². The third-order valence-electron chi connectivity index (χ3n) is 5.25. The van der Waals surface area contributed by atoms with Gasteiger partial charge in [0, 0.05) is 17.9 Å². The number of benzene rings is 3. The van der Waals surface area contributed by atoms with Crippen molar-refractivity contribution in [2.75, 3.05) is 6.26 Å². The summed E-state index contributed by atoms with van der Waals surface area (Å²) < 4.78 is 42.4. The standard InChI is InChI=1S/C24H19F3N2O2S/c1-32-18-9-6-15(7-10-18)12-22-28-20-13-16(23(30)31)8-11-21(20)29(22)14-17-4-2-3-5-19(17)24(25,26)27/h2-11,13H,12,14H2,1H3,(H,30,31). The minimum absolute atomic E-state index is 0.0309. The number of carboxylic acids is 1. The Labute approximate surface area is 186 Å². The summed E-state index contributed by atoms with van der Waals surface area (Å²) in [6.07, 6.45) is -2.09. The predicted octanol–water partition coefficient (Wildman–Crippen LogP) is 6.11. The van der Waals surface area contributed by atoms with Gasteiger partial charge in [-0.25, -0.2) is 9.78 Å². The van der Waals surface area contributed by atoms with Gasteiger partial charge in [0.25, 0.3) is 0 Å². The van der Waals surface area contributed by atoms with Crippen LogP contribution in [0.15, 0.2) is 71.6 Å². The van der Waals surface area contributed by atoms with Crippen molar-refractivity contribution in [3.8, 4) is 0 Å². The summed E-state index contributed by atoms with van der Waals surface area (Å²) in [6.45, 7) is -0.0309. The zero-order chi connectivity index (χ0) is 22.9. The molecule has 0 saturated heterocycles. The number of fused-ring (bicyclic) bond motifs is 1. The lowest BCUT2D eigenvalue weighted by atomic mass is 10.1. The van der Waals surface area contributed by atoms with Gasteiger partial charge in [0.1, 0.15) is 5.82 Å². The number of halogens is 3. The van der Waals surface area contributed by atoms with Crippen LogP contribution in [0.25, 0.3) is 11.0 Å². The number of hydrogen-bond donors (Lipinski definition) is 1. The average Bonchev–Trinajstić information content (AvgIpc) is 3.10. The van der Waals surface area contributed by atoms with E-state index in [4.69, 9.17) is 0 Å². The van der Waals surface area contributed by atoms with Gasteiger partial charge in [0.15, 0.2) is 0 Å². The highest BCUT2D eigenvalue weighted by molar-refractivity contribution is 7.98. The summed E-state index contributed by atoms with van der Waals surface area (Å²) in [5.41, 5.74) is 1.49. The summed E-state index contributed by atoms with van der Waals surface area (Å²) in [5.74, 6) is -0.519. The van der Waals surface area contributed by atoms with Crippen LogP contribution in [0.3, 0.4) is 0 Å². The molecule has 8 heteroatoms. The van der Waals surface area contributed by atoms with E-state index in [2.05, 4.69) is 4.98 Å². The minimum Gasteiger partial charge on any atom is -0.478 e. The fourth-order valence-electron chi connectivity index (χ4n) is 3.66. The molecule has 164 valence electrons. The van der Waals surface area contributed by atoms with E-state index in [-0.39, 0.29) is 17.7 Å². The maximum absolute atomic E-state index is 13.6. The average molecular weight is 456 g/mol. The SMILES string of the molecule is CSc1ccc(Cc2nc3cc(C(=O)O)ccc3n2Cc2ccccc2C(F)(F)F)cc1. The quantitative estimate of drug-likeness (QED) is 0.356. The number of nitrogens with zero attached hydrogens (tertiary/aromatic N) is 2. The van der Waals surface area contributed by atoms with Crippen molar-refractivity contribution in [3.63, 3.8) is 0 Å². The Morgan fingerprint density at radius 2 is 1.78 bits per heavy atom. The lowest BCUT2D eigenvalue weighted by Crippen LogP contribution is -2.13. The summed E-state index contributed by atoms with van der Waals surface area (Å²) in [7, 11) is 0. The van der Waals surface area contributed by atoms with Gasteiger partial charge in [-0.3, -0.25) is 0 Å². The summed E-state index contributed by atoms with van der Waals surface area (Å²) in [4.78, 5) is 17.1. The number of carboxylic acid groups (broad SMARTS) is 1. The number of aromatic carboxylic acids is 1. The van der Waals surface area contributed by atoms with Crippen LogP contribution >= 0.6 is 11.8 Å². The highest BCUT2D eigenvalue weighted by atomic mass is 32.2. The third kappa shape index (κ3) is 4.50. The van der Waals surface area contributed by atoms with E-state index in [9.17, 15) is 23.1 Å². The Kier molecular flexibility index (Phi) is 5.97. The van der Waals surface area contributed by atoms with Crippen molar-refractivity contribution in [1.29, 1.82) is 0 Å². The fourth-order valence-corrected chi connectivity index (χ4v) is 4.06. The fraction of sp³-hybridized carbons (Fsp3) is 0.167.